The summed E-state index contributed by atoms with van der Waals surface area (Å²) in [6, 6.07) is 3.66. The van der Waals surface area contributed by atoms with Gasteiger partial charge in [0.2, 0.25) is 5.91 Å². The quantitative estimate of drug-likeness (QED) is 0.881. The maximum absolute atomic E-state index is 12.4. The number of furan rings is 1. The molecule has 0 bridgehead atoms. The van der Waals surface area contributed by atoms with E-state index in [-0.39, 0.29) is 18.1 Å². The van der Waals surface area contributed by atoms with Crippen LogP contribution in [0.15, 0.2) is 27.3 Å². The molecule has 140 valence electrons. The van der Waals surface area contributed by atoms with Crippen molar-refractivity contribution in [3.05, 3.63) is 41.2 Å². The highest BCUT2D eigenvalue weighted by Gasteiger charge is 2.41. The lowest BCUT2D eigenvalue weighted by molar-refractivity contribution is -0.133. The molecule has 0 unspecified atom stereocenters. The maximum atomic E-state index is 12.4. The fourth-order valence-electron chi connectivity index (χ4n) is 3.96. The number of likely N-dealkylation sites (tertiary alicyclic amines) is 1. The van der Waals surface area contributed by atoms with E-state index in [4.69, 9.17) is 13.7 Å². The molecule has 2 aliphatic heterocycles. The second kappa shape index (κ2) is 7.25. The second-order valence-corrected chi connectivity index (χ2v) is 7.28. The smallest absolute Gasteiger partial charge is 0.249 e. The number of piperidine rings is 1. The van der Waals surface area contributed by atoms with Crippen LogP contribution in [0.25, 0.3) is 0 Å². The van der Waals surface area contributed by atoms with Gasteiger partial charge in [0.1, 0.15) is 17.6 Å². The van der Waals surface area contributed by atoms with E-state index in [9.17, 15) is 4.79 Å². The number of fused-ring (bicyclic) bond motifs is 1. The van der Waals surface area contributed by atoms with Gasteiger partial charge in [0.25, 0.3) is 0 Å². The number of hydrogen-bond donors (Lipinski definition) is 1. The number of carbonyl (C=O) groups is 1. The van der Waals surface area contributed by atoms with Crippen LogP contribution in [0, 0.1) is 19.8 Å². The standard InChI is InChI=1S/C19H25N3O4/c1-12-16(13(2)26-21-12)10-22-6-5-14-8-17(25-18(14)11-22)19(23)20-9-15-4-3-7-24-15/h3-4,7,14,17-18H,5-6,8-11H2,1-2H3,(H,20,23)/t14-,17+,18-/m0/s1. The van der Waals surface area contributed by atoms with Crippen LogP contribution in [-0.2, 0) is 22.6 Å². The van der Waals surface area contributed by atoms with E-state index in [1.54, 1.807) is 6.26 Å². The maximum Gasteiger partial charge on any atom is 0.249 e. The van der Waals surface area contributed by atoms with E-state index in [0.717, 1.165) is 55.3 Å². The van der Waals surface area contributed by atoms with Gasteiger partial charge in [-0.25, -0.2) is 0 Å². The number of aryl methyl sites for hydroxylation is 2. The Morgan fingerprint density at radius 2 is 2.31 bits per heavy atom. The first-order valence-corrected chi connectivity index (χ1v) is 9.20. The third-order valence-electron chi connectivity index (χ3n) is 5.51. The fourth-order valence-corrected chi connectivity index (χ4v) is 3.96. The molecule has 0 radical (unpaired) electrons. The molecule has 1 amide bonds. The minimum Gasteiger partial charge on any atom is -0.467 e. The van der Waals surface area contributed by atoms with E-state index >= 15 is 0 Å². The highest BCUT2D eigenvalue weighted by Crippen LogP contribution is 2.34. The summed E-state index contributed by atoms with van der Waals surface area (Å²) in [7, 11) is 0. The van der Waals surface area contributed by atoms with Crippen LogP contribution < -0.4 is 5.32 Å². The van der Waals surface area contributed by atoms with Gasteiger partial charge in [0, 0.05) is 18.7 Å². The highest BCUT2D eigenvalue weighted by molar-refractivity contribution is 5.81. The first-order chi connectivity index (χ1) is 12.6. The van der Waals surface area contributed by atoms with Crippen LogP contribution >= 0.6 is 0 Å². The molecule has 2 aromatic heterocycles. The summed E-state index contributed by atoms with van der Waals surface area (Å²) < 4.78 is 16.6. The lowest BCUT2D eigenvalue weighted by atomic mass is 9.91. The van der Waals surface area contributed by atoms with Gasteiger partial charge >= 0.3 is 0 Å². The predicted molar refractivity (Wildman–Crippen MR) is 93.2 cm³/mol. The van der Waals surface area contributed by atoms with Gasteiger partial charge in [-0.3, -0.25) is 9.69 Å². The molecule has 1 N–H and O–H groups in total. The number of ether oxygens (including phenoxy) is 1. The van der Waals surface area contributed by atoms with Gasteiger partial charge < -0.3 is 19.0 Å². The van der Waals surface area contributed by atoms with Crippen LogP contribution in [0.2, 0.25) is 0 Å². The normalized spacial score (nSPS) is 26.0. The van der Waals surface area contributed by atoms with Crippen LogP contribution in [0.5, 0.6) is 0 Å². The molecule has 0 spiro atoms. The zero-order valence-corrected chi connectivity index (χ0v) is 15.2. The first-order valence-electron chi connectivity index (χ1n) is 9.20. The van der Waals surface area contributed by atoms with Crippen molar-refractivity contribution in [2.75, 3.05) is 13.1 Å². The Labute approximate surface area is 152 Å². The lowest BCUT2D eigenvalue weighted by Gasteiger charge is -2.33. The average molecular weight is 359 g/mol. The fraction of sp³-hybridized carbons (Fsp3) is 0.579. The molecule has 4 heterocycles. The van der Waals surface area contributed by atoms with Crippen molar-refractivity contribution in [2.45, 2.75) is 52.0 Å². The Hall–Kier alpha value is -2.12. The Morgan fingerprint density at radius 3 is 3.04 bits per heavy atom. The van der Waals surface area contributed by atoms with E-state index in [1.165, 1.54) is 0 Å². The van der Waals surface area contributed by atoms with Gasteiger partial charge in [0.15, 0.2) is 0 Å². The molecule has 26 heavy (non-hydrogen) atoms. The zero-order chi connectivity index (χ0) is 18.1. The Kier molecular flexibility index (Phi) is 4.82. The lowest BCUT2D eigenvalue weighted by Crippen LogP contribution is -2.42. The summed E-state index contributed by atoms with van der Waals surface area (Å²) in [6.45, 7) is 7.01. The third-order valence-corrected chi connectivity index (χ3v) is 5.51. The largest absolute Gasteiger partial charge is 0.467 e. The molecule has 2 aliphatic rings. The minimum absolute atomic E-state index is 0.0481. The van der Waals surface area contributed by atoms with Crippen molar-refractivity contribution >= 4 is 5.91 Å². The molecule has 4 rings (SSSR count). The number of carbonyl (C=O) groups excluding carboxylic acids is 1. The Morgan fingerprint density at radius 1 is 1.42 bits per heavy atom. The summed E-state index contributed by atoms with van der Waals surface area (Å²) in [5, 5.41) is 6.94. The second-order valence-electron chi connectivity index (χ2n) is 7.28. The summed E-state index contributed by atoms with van der Waals surface area (Å²) in [5.74, 6) is 2.04. The summed E-state index contributed by atoms with van der Waals surface area (Å²) in [6.07, 6.45) is 3.21. The van der Waals surface area contributed by atoms with Crippen molar-refractivity contribution in [1.82, 2.24) is 15.4 Å². The highest BCUT2D eigenvalue weighted by atomic mass is 16.5. The Balaban J connectivity index is 1.30. The molecular formula is C19H25N3O4. The topological polar surface area (TPSA) is 80.7 Å². The van der Waals surface area contributed by atoms with Crippen molar-refractivity contribution in [3.63, 3.8) is 0 Å². The molecule has 2 saturated heterocycles. The van der Waals surface area contributed by atoms with E-state index in [2.05, 4.69) is 15.4 Å². The zero-order valence-electron chi connectivity index (χ0n) is 15.2. The monoisotopic (exact) mass is 359 g/mol. The van der Waals surface area contributed by atoms with Crippen LogP contribution in [0.4, 0.5) is 0 Å². The number of nitrogens with one attached hydrogen (secondary N) is 1. The predicted octanol–water partition coefficient (Wildman–Crippen LogP) is 2.18. The van der Waals surface area contributed by atoms with Gasteiger partial charge in [-0.2, -0.15) is 0 Å². The molecule has 2 fully saturated rings. The average Bonchev–Trinajstić information content (AvgIpc) is 3.36. The summed E-state index contributed by atoms with van der Waals surface area (Å²) in [5.41, 5.74) is 2.11. The van der Waals surface area contributed by atoms with Crippen molar-refractivity contribution in [3.8, 4) is 0 Å². The molecule has 3 atom stereocenters. The molecule has 7 heteroatoms. The number of amides is 1. The van der Waals surface area contributed by atoms with Crippen LogP contribution in [0.3, 0.4) is 0 Å². The molecule has 7 nitrogen and oxygen atoms in total. The molecule has 0 saturated carbocycles. The van der Waals surface area contributed by atoms with Crippen LogP contribution in [-0.4, -0.2) is 41.3 Å². The number of rotatable bonds is 5. The molecule has 2 aromatic rings. The number of aromatic nitrogens is 1. The number of nitrogens with zero attached hydrogens (tertiary/aromatic N) is 2. The minimum atomic E-state index is -0.362. The Bertz CT molecular complexity index is 735. The summed E-state index contributed by atoms with van der Waals surface area (Å²) >= 11 is 0. The van der Waals surface area contributed by atoms with E-state index in [1.807, 2.05) is 26.0 Å². The number of hydrogen-bond acceptors (Lipinski definition) is 6. The van der Waals surface area contributed by atoms with Crippen molar-refractivity contribution in [1.29, 1.82) is 0 Å². The van der Waals surface area contributed by atoms with E-state index < -0.39 is 0 Å². The third kappa shape index (κ3) is 3.54. The van der Waals surface area contributed by atoms with E-state index in [0.29, 0.717) is 12.5 Å². The molecule has 0 aliphatic carbocycles. The van der Waals surface area contributed by atoms with Crippen molar-refractivity contribution < 1.29 is 18.5 Å². The van der Waals surface area contributed by atoms with Crippen molar-refractivity contribution in [2.24, 2.45) is 5.92 Å². The van der Waals surface area contributed by atoms with Gasteiger partial charge in [-0.1, -0.05) is 5.16 Å². The SMILES string of the molecule is Cc1noc(C)c1CN1CC[C@H]2C[C@H](C(=O)NCc3ccco3)O[C@H]2C1. The molecule has 0 aromatic carbocycles. The molecular weight excluding hydrogens is 334 g/mol. The first kappa shape index (κ1) is 17.3. The van der Waals surface area contributed by atoms with Gasteiger partial charge in [-0.05, 0) is 51.3 Å². The summed E-state index contributed by atoms with van der Waals surface area (Å²) in [4.78, 5) is 14.8. The van der Waals surface area contributed by atoms with Crippen LogP contribution in [0.1, 0.15) is 35.6 Å². The van der Waals surface area contributed by atoms with Gasteiger partial charge in [0.05, 0.1) is 24.6 Å². The van der Waals surface area contributed by atoms with Gasteiger partial charge in [-0.15, -0.1) is 0 Å².